The summed E-state index contributed by atoms with van der Waals surface area (Å²) in [5.74, 6) is 0.700. The second kappa shape index (κ2) is 4.30. The fourth-order valence-corrected chi connectivity index (χ4v) is 2.56. The number of hydrogen-bond acceptors (Lipinski definition) is 5. The lowest BCUT2D eigenvalue weighted by atomic mass is 10.3. The molecule has 0 fully saturated rings. The third kappa shape index (κ3) is 1.80. The van der Waals surface area contributed by atoms with Crippen LogP contribution in [0.2, 0.25) is 0 Å². The lowest BCUT2D eigenvalue weighted by Gasteiger charge is -1.87. The summed E-state index contributed by atoms with van der Waals surface area (Å²) in [6.07, 6.45) is 5.95. The molecule has 3 rings (SSSR count). The van der Waals surface area contributed by atoms with E-state index >= 15 is 0 Å². The van der Waals surface area contributed by atoms with E-state index in [1.54, 1.807) is 12.4 Å². The third-order valence-corrected chi connectivity index (χ3v) is 3.48. The Balaban J connectivity index is 2.19. The van der Waals surface area contributed by atoms with Gasteiger partial charge in [0.25, 0.3) is 5.56 Å². The third-order valence-electron chi connectivity index (χ3n) is 2.52. The maximum Gasteiger partial charge on any atom is 0.291 e. The zero-order valence-electron chi connectivity index (χ0n) is 9.70. The molecule has 0 aliphatic heterocycles. The first-order chi connectivity index (χ1) is 8.78. The molecule has 6 heteroatoms. The van der Waals surface area contributed by atoms with Crippen molar-refractivity contribution in [2.75, 3.05) is 0 Å². The molecule has 0 bridgehead atoms. The molecule has 0 spiro atoms. The van der Waals surface area contributed by atoms with Crippen molar-refractivity contribution in [1.82, 2.24) is 19.6 Å². The van der Waals surface area contributed by atoms with Gasteiger partial charge >= 0.3 is 0 Å². The highest BCUT2D eigenvalue weighted by Gasteiger charge is 2.08. The van der Waals surface area contributed by atoms with Gasteiger partial charge < -0.3 is 0 Å². The van der Waals surface area contributed by atoms with E-state index in [0.29, 0.717) is 15.3 Å². The molecule has 0 aliphatic carbocycles. The molecule has 0 atom stereocenters. The SMILES string of the molecule is CCc1nc2s/c(=C\c3cccnc3)c(=O)n2n1. The van der Waals surface area contributed by atoms with Crippen molar-refractivity contribution >= 4 is 22.4 Å². The zero-order chi connectivity index (χ0) is 12.5. The van der Waals surface area contributed by atoms with Gasteiger partial charge in [-0.3, -0.25) is 9.78 Å². The van der Waals surface area contributed by atoms with Crippen molar-refractivity contribution in [2.24, 2.45) is 0 Å². The zero-order valence-corrected chi connectivity index (χ0v) is 10.5. The molecule has 0 radical (unpaired) electrons. The first-order valence-electron chi connectivity index (χ1n) is 5.58. The summed E-state index contributed by atoms with van der Waals surface area (Å²) in [5.41, 5.74) is 0.779. The van der Waals surface area contributed by atoms with Crippen molar-refractivity contribution in [2.45, 2.75) is 13.3 Å². The van der Waals surface area contributed by atoms with Crippen molar-refractivity contribution < 1.29 is 0 Å². The van der Waals surface area contributed by atoms with Crippen molar-refractivity contribution in [3.63, 3.8) is 0 Å². The topological polar surface area (TPSA) is 60.2 Å². The average Bonchev–Trinajstić information content (AvgIpc) is 2.92. The van der Waals surface area contributed by atoms with Gasteiger partial charge in [0.15, 0.2) is 5.82 Å². The number of rotatable bonds is 2. The van der Waals surface area contributed by atoms with E-state index in [0.717, 1.165) is 12.0 Å². The molecular weight excluding hydrogens is 248 g/mol. The molecule has 18 heavy (non-hydrogen) atoms. The number of thiazole rings is 1. The Morgan fingerprint density at radius 3 is 3.06 bits per heavy atom. The highest BCUT2D eigenvalue weighted by molar-refractivity contribution is 7.15. The largest absolute Gasteiger partial charge is 0.291 e. The fourth-order valence-electron chi connectivity index (χ4n) is 1.64. The van der Waals surface area contributed by atoms with E-state index < -0.39 is 0 Å². The molecule has 5 nitrogen and oxygen atoms in total. The van der Waals surface area contributed by atoms with Crippen molar-refractivity contribution in [3.05, 3.63) is 50.8 Å². The monoisotopic (exact) mass is 258 g/mol. The van der Waals surface area contributed by atoms with Crippen LogP contribution >= 0.6 is 11.3 Å². The lowest BCUT2D eigenvalue weighted by Crippen LogP contribution is -2.23. The minimum atomic E-state index is -0.119. The smallest absolute Gasteiger partial charge is 0.266 e. The van der Waals surface area contributed by atoms with Gasteiger partial charge in [-0.15, -0.1) is 5.10 Å². The Kier molecular flexibility index (Phi) is 2.64. The number of aromatic nitrogens is 4. The average molecular weight is 258 g/mol. The lowest BCUT2D eigenvalue weighted by molar-refractivity contribution is 0.867. The Bertz CT molecular complexity index is 791. The fraction of sp³-hybridized carbons (Fsp3) is 0.167. The van der Waals surface area contributed by atoms with Gasteiger partial charge in [-0.25, -0.2) is 4.98 Å². The van der Waals surface area contributed by atoms with Gasteiger partial charge in [-0.05, 0) is 17.7 Å². The van der Waals surface area contributed by atoms with Crippen LogP contribution in [-0.4, -0.2) is 19.6 Å². The van der Waals surface area contributed by atoms with Crippen molar-refractivity contribution in [1.29, 1.82) is 0 Å². The summed E-state index contributed by atoms with van der Waals surface area (Å²) >= 11 is 1.35. The van der Waals surface area contributed by atoms with Gasteiger partial charge in [0.2, 0.25) is 4.96 Å². The van der Waals surface area contributed by atoms with Gasteiger partial charge in [-0.2, -0.15) is 4.52 Å². The van der Waals surface area contributed by atoms with E-state index in [1.807, 2.05) is 25.1 Å². The summed E-state index contributed by atoms with van der Waals surface area (Å²) in [6, 6.07) is 3.74. The summed E-state index contributed by atoms with van der Waals surface area (Å²) in [7, 11) is 0. The first kappa shape index (κ1) is 11.0. The van der Waals surface area contributed by atoms with E-state index in [2.05, 4.69) is 15.1 Å². The van der Waals surface area contributed by atoms with Crippen molar-refractivity contribution in [3.8, 4) is 0 Å². The van der Waals surface area contributed by atoms with Crippen LogP contribution in [0.4, 0.5) is 0 Å². The molecule has 0 saturated heterocycles. The van der Waals surface area contributed by atoms with E-state index in [9.17, 15) is 4.79 Å². The summed E-state index contributed by atoms with van der Waals surface area (Å²) < 4.78 is 1.99. The molecular formula is C12H10N4OS. The van der Waals surface area contributed by atoms with Crippen LogP contribution in [-0.2, 0) is 6.42 Å². The minimum Gasteiger partial charge on any atom is -0.266 e. The van der Waals surface area contributed by atoms with Crippen LogP contribution in [0.5, 0.6) is 0 Å². The van der Waals surface area contributed by atoms with E-state index in [-0.39, 0.29) is 5.56 Å². The number of fused-ring (bicyclic) bond motifs is 1. The Morgan fingerprint density at radius 1 is 1.50 bits per heavy atom. The second-order valence-electron chi connectivity index (χ2n) is 3.78. The summed E-state index contributed by atoms with van der Waals surface area (Å²) in [6.45, 7) is 1.96. The van der Waals surface area contributed by atoms with Crippen LogP contribution in [0, 0.1) is 0 Å². The molecule has 0 saturated carbocycles. The van der Waals surface area contributed by atoms with Crippen LogP contribution in [0.15, 0.2) is 29.3 Å². The maximum absolute atomic E-state index is 12.1. The quantitative estimate of drug-likeness (QED) is 0.677. The van der Waals surface area contributed by atoms with Gasteiger partial charge in [0, 0.05) is 18.8 Å². The predicted octanol–water partition coefficient (Wildman–Crippen LogP) is 0.656. The number of aryl methyl sites for hydroxylation is 1. The molecule has 3 aromatic rings. The Labute approximate surface area is 106 Å². The van der Waals surface area contributed by atoms with Gasteiger partial charge in [0.05, 0.1) is 4.53 Å². The normalized spacial score (nSPS) is 12.4. The number of nitrogens with zero attached hydrogens (tertiary/aromatic N) is 4. The highest BCUT2D eigenvalue weighted by atomic mass is 32.1. The van der Waals surface area contributed by atoms with Gasteiger partial charge in [0.1, 0.15) is 0 Å². The molecule has 0 unspecified atom stereocenters. The Hall–Kier alpha value is -2.08. The van der Waals surface area contributed by atoms with Crippen LogP contribution in [0.1, 0.15) is 18.3 Å². The molecule has 0 aliphatic rings. The number of pyridine rings is 1. The number of hydrogen-bond donors (Lipinski definition) is 0. The molecule has 3 aromatic heterocycles. The molecule has 3 heterocycles. The van der Waals surface area contributed by atoms with Crippen LogP contribution in [0.25, 0.3) is 11.0 Å². The van der Waals surface area contributed by atoms with Gasteiger partial charge in [-0.1, -0.05) is 24.3 Å². The Morgan fingerprint density at radius 2 is 2.39 bits per heavy atom. The second-order valence-corrected chi connectivity index (χ2v) is 4.79. The maximum atomic E-state index is 12.1. The first-order valence-corrected chi connectivity index (χ1v) is 6.40. The van der Waals surface area contributed by atoms with Crippen LogP contribution in [0.3, 0.4) is 0 Å². The van der Waals surface area contributed by atoms with Crippen LogP contribution < -0.4 is 10.1 Å². The van der Waals surface area contributed by atoms with E-state index in [4.69, 9.17) is 0 Å². The molecule has 90 valence electrons. The predicted molar refractivity (Wildman–Crippen MR) is 69.5 cm³/mol. The highest BCUT2D eigenvalue weighted by Crippen LogP contribution is 2.03. The summed E-state index contributed by atoms with van der Waals surface area (Å²) in [4.78, 5) is 21.0. The minimum absolute atomic E-state index is 0.119. The molecule has 0 amide bonds. The molecule has 0 N–H and O–H groups in total. The standard InChI is InChI=1S/C12H10N4OS/c1-2-10-14-12-16(15-10)11(17)9(18-12)6-8-4-3-5-13-7-8/h3-7H,2H2,1H3/b9-6-. The summed E-state index contributed by atoms with van der Waals surface area (Å²) in [5, 5.41) is 4.16. The molecule has 0 aromatic carbocycles. The van der Waals surface area contributed by atoms with E-state index in [1.165, 1.54) is 15.9 Å².